The number of nitrogens with zero attached hydrogens (tertiary/aromatic N) is 1. The highest BCUT2D eigenvalue weighted by atomic mass is 16.4. The molecule has 0 radical (unpaired) electrons. The van der Waals surface area contributed by atoms with Crippen molar-refractivity contribution in [3.63, 3.8) is 0 Å². The van der Waals surface area contributed by atoms with Crippen molar-refractivity contribution in [2.75, 3.05) is 0 Å². The van der Waals surface area contributed by atoms with Crippen LogP contribution < -0.4 is 0 Å². The first-order valence-corrected chi connectivity index (χ1v) is 6.55. The Balaban J connectivity index is 1.98. The number of fused-ring (bicyclic) bond motifs is 1. The van der Waals surface area contributed by atoms with E-state index in [0.717, 1.165) is 24.1 Å². The predicted octanol–water partition coefficient (Wildman–Crippen LogP) is 2.90. The third-order valence-corrected chi connectivity index (χ3v) is 3.80. The number of benzene rings is 1. The van der Waals surface area contributed by atoms with E-state index in [0.29, 0.717) is 11.5 Å². The summed E-state index contributed by atoms with van der Waals surface area (Å²) in [5.74, 6) is -0.216. The van der Waals surface area contributed by atoms with Gasteiger partial charge >= 0.3 is 5.97 Å². The highest BCUT2D eigenvalue weighted by Gasteiger charge is 2.21. The summed E-state index contributed by atoms with van der Waals surface area (Å²) in [6.45, 7) is 2.26. The normalized spacial score (nSPS) is 18.1. The quantitative estimate of drug-likeness (QED) is 0.868. The molecule has 0 amide bonds. The minimum absolute atomic E-state index is 0.307. The molecule has 0 saturated heterocycles. The zero-order valence-corrected chi connectivity index (χ0v) is 10.8. The van der Waals surface area contributed by atoms with E-state index in [1.54, 1.807) is 12.1 Å². The number of carboxylic acids is 1. The lowest BCUT2D eigenvalue weighted by Gasteiger charge is -2.18. The number of aromatic carboxylic acids is 1. The minimum atomic E-state index is -0.899. The van der Waals surface area contributed by atoms with E-state index in [-0.39, 0.29) is 0 Å². The summed E-state index contributed by atoms with van der Waals surface area (Å²) in [5, 5.41) is 16.4. The maximum atomic E-state index is 10.9. The van der Waals surface area contributed by atoms with E-state index in [2.05, 4.69) is 17.1 Å². The first-order valence-electron chi connectivity index (χ1n) is 6.55. The molecule has 4 nitrogen and oxygen atoms in total. The molecular formula is C15H16N2O2. The molecule has 0 fully saturated rings. The lowest BCUT2D eigenvalue weighted by atomic mass is 9.86. The van der Waals surface area contributed by atoms with Crippen molar-refractivity contribution < 1.29 is 9.90 Å². The fourth-order valence-electron chi connectivity index (χ4n) is 2.68. The summed E-state index contributed by atoms with van der Waals surface area (Å²) in [4.78, 5) is 10.9. The van der Waals surface area contributed by atoms with Crippen molar-refractivity contribution in [1.82, 2.24) is 10.2 Å². The van der Waals surface area contributed by atoms with Gasteiger partial charge in [-0.25, -0.2) is 4.79 Å². The first-order chi connectivity index (χ1) is 9.15. The van der Waals surface area contributed by atoms with Crippen LogP contribution in [0.1, 0.15) is 35.0 Å². The molecule has 1 aliphatic rings. The second-order valence-electron chi connectivity index (χ2n) is 5.26. The van der Waals surface area contributed by atoms with Crippen LogP contribution in [0.4, 0.5) is 0 Å². The second kappa shape index (κ2) is 4.53. The molecule has 19 heavy (non-hydrogen) atoms. The van der Waals surface area contributed by atoms with Gasteiger partial charge in [-0.3, -0.25) is 5.10 Å². The molecule has 0 bridgehead atoms. The van der Waals surface area contributed by atoms with E-state index in [1.165, 1.54) is 17.7 Å². The van der Waals surface area contributed by atoms with E-state index in [1.807, 2.05) is 12.1 Å². The fraction of sp³-hybridized carbons (Fsp3) is 0.333. The van der Waals surface area contributed by atoms with Gasteiger partial charge < -0.3 is 5.11 Å². The van der Waals surface area contributed by atoms with Crippen molar-refractivity contribution in [2.24, 2.45) is 5.92 Å². The Morgan fingerprint density at radius 3 is 2.79 bits per heavy atom. The van der Waals surface area contributed by atoms with Crippen molar-refractivity contribution in [1.29, 1.82) is 0 Å². The molecule has 4 heteroatoms. The number of H-pyrrole nitrogens is 1. The molecule has 2 N–H and O–H groups in total. The molecule has 1 aromatic heterocycles. The van der Waals surface area contributed by atoms with Crippen molar-refractivity contribution in [2.45, 2.75) is 26.2 Å². The van der Waals surface area contributed by atoms with Crippen LogP contribution in [0.25, 0.3) is 11.3 Å². The van der Waals surface area contributed by atoms with Crippen LogP contribution in [0.5, 0.6) is 0 Å². The zero-order chi connectivity index (χ0) is 13.4. The first kappa shape index (κ1) is 12.0. The van der Waals surface area contributed by atoms with Crippen LogP contribution in [0.3, 0.4) is 0 Å². The topological polar surface area (TPSA) is 66.0 Å². The summed E-state index contributed by atoms with van der Waals surface area (Å²) in [6.07, 6.45) is 3.30. The highest BCUT2D eigenvalue weighted by Crippen LogP contribution is 2.31. The van der Waals surface area contributed by atoms with Gasteiger partial charge in [-0.15, -0.1) is 0 Å². The van der Waals surface area contributed by atoms with Gasteiger partial charge in [0.2, 0.25) is 0 Å². The average molecular weight is 256 g/mol. The molecule has 0 aliphatic heterocycles. The summed E-state index contributed by atoms with van der Waals surface area (Å²) < 4.78 is 0. The van der Waals surface area contributed by atoms with Gasteiger partial charge in [-0.05, 0) is 37.3 Å². The lowest BCUT2D eigenvalue weighted by Crippen LogP contribution is -2.10. The zero-order valence-electron chi connectivity index (χ0n) is 10.8. The van der Waals surface area contributed by atoms with Crippen LogP contribution in [0, 0.1) is 5.92 Å². The minimum Gasteiger partial charge on any atom is -0.478 e. The third kappa shape index (κ3) is 2.14. The van der Waals surface area contributed by atoms with Gasteiger partial charge in [0, 0.05) is 16.8 Å². The molecule has 1 aromatic carbocycles. The van der Waals surface area contributed by atoms with Gasteiger partial charge in [-0.2, -0.15) is 5.10 Å². The van der Waals surface area contributed by atoms with E-state index in [9.17, 15) is 4.79 Å². The van der Waals surface area contributed by atoms with Crippen LogP contribution >= 0.6 is 0 Å². The lowest BCUT2D eigenvalue weighted by molar-refractivity contribution is 0.0697. The van der Waals surface area contributed by atoms with E-state index >= 15 is 0 Å². The SMILES string of the molecule is CC1CCc2[nH]nc(-c3ccc(C(=O)O)cc3)c2C1. The molecular weight excluding hydrogens is 240 g/mol. The maximum absolute atomic E-state index is 10.9. The summed E-state index contributed by atoms with van der Waals surface area (Å²) >= 11 is 0. The van der Waals surface area contributed by atoms with Gasteiger partial charge in [0.05, 0.1) is 11.3 Å². The van der Waals surface area contributed by atoms with Gasteiger partial charge in [0.25, 0.3) is 0 Å². The number of rotatable bonds is 2. The van der Waals surface area contributed by atoms with Crippen molar-refractivity contribution in [3.05, 3.63) is 41.1 Å². The summed E-state index contributed by atoms with van der Waals surface area (Å²) in [5.41, 5.74) is 4.79. The van der Waals surface area contributed by atoms with Crippen LogP contribution in [0.15, 0.2) is 24.3 Å². The Morgan fingerprint density at radius 1 is 1.37 bits per heavy atom. The predicted molar refractivity (Wildman–Crippen MR) is 72.2 cm³/mol. The monoisotopic (exact) mass is 256 g/mol. The number of aromatic amines is 1. The molecule has 98 valence electrons. The molecule has 1 heterocycles. The molecule has 3 rings (SSSR count). The molecule has 0 saturated carbocycles. The molecule has 1 aliphatic carbocycles. The highest BCUT2D eigenvalue weighted by molar-refractivity contribution is 5.88. The van der Waals surface area contributed by atoms with Gasteiger partial charge in [0.15, 0.2) is 0 Å². The van der Waals surface area contributed by atoms with Crippen molar-refractivity contribution >= 4 is 5.97 Å². The number of hydrogen-bond acceptors (Lipinski definition) is 2. The van der Waals surface area contributed by atoms with Gasteiger partial charge in [0.1, 0.15) is 0 Å². The molecule has 2 aromatic rings. The Kier molecular flexibility index (Phi) is 2.85. The maximum Gasteiger partial charge on any atom is 0.335 e. The number of carbonyl (C=O) groups is 1. The second-order valence-corrected chi connectivity index (χ2v) is 5.26. The fourth-order valence-corrected chi connectivity index (χ4v) is 2.68. The summed E-state index contributed by atoms with van der Waals surface area (Å²) in [6, 6.07) is 6.92. The van der Waals surface area contributed by atoms with Crippen molar-refractivity contribution in [3.8, 4) is 11.3 Å². The van der Waals surface area contributed by atoms with Crippen LogP contribution in [-0.4, -0.2) is 21.3 Å². The Labute approximate surface area is 111 Å². The van der Waals surface area contributed by atoms with E-state index in [4.69, 9.17) is 5.11 Å². The summed E-state index contributed by atoms with van der Waals surface area (Å²) in [7, 11) is 0. The molecule has 0 spiro atoms. The van der Waals surface area contributed by atoms with E-state index < -0.39 is 5.97 Å². The van der Waals surface area contributed by atoms with Crippen LogP contribution in [-0.2, 0) is 12.8 Å². The smallest absolute Gasteiger partial charge is 0.335 e. The third-order valence-electron chi connectivity index (χ3n) is 3.80. The Bertz CT molecular complexity index is 614. The number of hydrogen-bond donors (Lipinski definition) is 2. The standard InChI is InChI=1S/C15H16N2O2/c1-9-2-7-13-12(8-9)14(17-16-13)10-3-5-11(6-4-10)15(18)19/h3-6,9H,2,7-8H2,1H3,(H,16,17)(H,18,19). The number of aromatic nitrogens is 2. The number of nitrogens with one attached hydrogen (secondary N) is 1. The number of carboxylic acid groups (broad SMARTS) is 1. The Hall–Kier alpha value is -2.10. The average Bonchev–Trinajstić information content (AvgIpc) is 2.81. The molecule has 1 atom stereocenters. The van der Waals surface area contributed by atoms with Crippen LogP contribution in [0.2, 0.25) is 0 Å². The molecule has 1 unspecified atom stereocenters. The number of aryl methyl sites for hydroxylation is 1. The Morgan fingerprint density at radius 2 is 2.11 bits per heavy atom. The van der Waals surface area contributed by atoms with Gasteiger partial charge in [-0.1, -0.05) is 19.1 Å². The largest absolute Gasteiger partial charge is 0.478 e.